The van der Waals surface area contributed by atoms with Crippen molar-refractivity contribution in [3.8, 4) is 5.69 Å². The van der Waals surface area contributed by atoms with Gasteiger partial charge in [0.05, 0.1) is 18.5 Å². The summed E-state index contributed by atoms with van der Waals surface area (Å²) < 4.78 is 45.8. The summed E-state index contributed by atoms with van der Waals surface area (Å²) in [6.07, 6.45) is -3.98. The Morgan fingerprint density at radius 3 is 2.38 bits per heavy atom. The molecule has 7 nitrogen and oxygen atoms in total. The van der Waals surface area contributed by atoms with Crippen molar-refractivity contribution in [1.29, 1.82) is 0 Å². The number of carbonyl (C=O) groups is 2. The monoisotopic (exact) mass is 434 g/mol. The third kappa shape index (κ3) is 5.94. The van der Waals surface area contributed by atoms with E-state index < -0.39 is 23.4 Å². The molecule has 1 atom stereocenters. The van der Waals surface area contributed by atoms with Crippen molar-refractivity contribution in [3.63, 3.8) is 0 Å². The molecule has 0 aliphatic rings. The summed E-state index contributed by atoms with van der Waals surface area (Å²) in [4.78, 5) is 23.8. The Bertz CT molecular complexity index is 838. The highest BCUT2D eigenvalue weighted by molar-refractivity contribution is 5.92. The first-order valence-corrected chi connectivity index (χ1v) is 8.57. The second kappa shape index (κ2) is 10.3. The summed E-state index contributed by atoms with van der Waals surface area (Å²) in [5, 5.41) is 9.27. The van der Waals surface area contributed by atoms with Crippen molar-refractivity contribution in [2.24, 2.45) is 5.92 Å². The zero-order valence-corrected chi connectivity index (χ0v) is 16.9. The van der Waals surface area contributed by atoms with Crippen LogP contribution in [-0.4, -0.2) is 41.9 Å². The first-order chi connectivity index (χ1) is 13.2. The largest absolute Gasteiger partial charge is 0.462 e. The van der Waals surface area contributed by atoms with Crippen LogP contribution in [-0.2, 0) is 15.7 Å². The predicted molar refractivity (Wildman–Crippen MR) is 103 cm³/mol. The summed E-state index contributed by atoms with van der Waals surface area (Å²) in [7, 11) is 1.73. The molecule has 2 rings (SSSR count). The zero-order chi connectivity index (χ0) is 20.9. The van der Waals surface area contributed by atoms with Gasteiger partial charge in [0.2, 0.25) is 5.91 Å². The van der Waals surface area contributed by atoms with Crippen molar-refractivity contribution in [2.45, 2.75) is 20.0 Å². The Kier molecular flexibility index (Phi) is 8.65. The van der Waals surface area contributed by atoms with E-state index in [0.29, 0.717) is 16.9 Å². The first kappa shape index (κ1) is 24.4. The maximum Gasteiger partial charge on any atom is 0.434 e. The number of nitrogens with zero attached hydrogens (tertiary/aromatic N) is 2. The van der Waals surface area contributed by atoms with Crippen molar-refractivity contribution < 1.29 is 27.5 Å². The van der Waals surface area contributed by atoms with E-state index in [1.165, 1.54) is 31.2 Å². The fourth-order valence-electron chi connectivity index (χ4n) is 2.53. The van der Waals surface area contributed by atoms with E-state index in [1.54, 1.807) is 14.0 Å². The van der Waals surface area contributed by atoms with Crippen LogP contribution in [0.15, 0.2) is 30.5 Å². The van der Waals surface area contributed by atoms with E-state index in [2.05, 4.69) is 20.5 Å². The number of esters is 1. The lowest BCUT2D eigenvalue weighted by molar-refractivity contribution is -0.143. The molecule has 0 fully saturated rings. The quantitative estimate of drug-likeness (QED) is 0.653. The summed E-state index contributed by atoms with van der Waals surface area (Å²) in [5.41, 5.74) is -1.36. The maximum absolute atomic E-state index is 13.5. The van der Waals surface area contributed by atoms with Gasteiger partial charge in [0.1, 0.15) is 5.56 Å². The molecular formula is C18H22ClF3N4O3. The van der Waals surface area contributed by atoms with Gasteiger partial charge in [-0.1, -0.05) is 6.92 Å². The third-order valence-corrected chi connectivity index (χ3v) is 3.87. The number of nitrogens with one attached hydrogen (secondary N) is 2. The Balaban J connectivity index is 0.00000420. The molecule has 0 saturated heterocycles. The molecule has 0 spiro atoms. The standard InChI is InChI=1S/C18H21F3N4O3.ClH/c1-4-28-17(27)14-10-23-25(15(14)18(19,20)21)13-7-5-12(6-8-13)24-16(26)11(2)9-22-3;/h5-8,10-11,22H,4,9H2,1-3H3,(H,24,26);1H. The van der Waals surface area contributed by atoms with E-state index >= 15 is 0 Å². The minimum atomic E-state index is -4.81. The molecule has 0 bridgehead atoms. The van der Waals surface area contributed by atoms with E-state index in [0.717, 1.165) is 6.20 Å². The molecule has 1 unspecified atom stereocenters. The molecule has 1 heterocycles. The third-order valence-electron chi connectivity index (χ3n) is 3.87. The molecule has 0 saturated carbocycles. The lowest BCUT2D eigenvalue weighted by Crippen LogP contribution is -2.28. The van der Waals surface area contributed by atoms with E-state index in [1.807, 2.05) is 0 Å². The highest BCUT2D eigenvalue weighted by atomic mass is 35.5. The number of amides is 1. The molecular weight excluding hydrogens is 413 g/mol. The number of halogens is 4. The second-order valence-electron chi connectivity index (χ2n) is 6.03. The fourth-order valence-corrected chi connectivity index (χ4v) is 2.53. The van der Waals surface area contributed by atoms with Gasteiger partial charge in [0.25, 0.3) is 0 Å². The van der Waals surface area contributed by atoms with Crippen LogP contribution in [0.5, 0.6) is 0 Å². The zero-order valence-electron chi connectivity index (χ0n) is 16.0. The van der Waals surface area contributed by atoms with E-state index in [-0.39, 0.29) is 36.5 Å². The smallest absolute Gasteiger partial charge is 0.434 e. The topological polar surface area (TPSA) is 85.2 Å². The van der Waals surface area contributed by atoms with Gasteiger partial charge in [0, 0.05) is 18.2 Å². The average molecular weight is 435 g/mol. The maximum atomic E-state index is 13.5. The van der Waals surface area contributed by atoms with Crippen LogP contribution < -0.4 is 10.6 Å². The van der Waals surface area contributed by atoms with Gasteiger partial charge in [0.15, 0.2) is 5.69 Å². The SMILES string of the molecule is CCOC(=O)c1cnn(-c2ccc(NC(=O)C(C)CNC)cc2)c1C(F)(F)F.Cl. The molecule has 0 radical (unpaired) electrons. The minimum Gasteiger partial charge on any atom is -0.462 e. The first-order valence-electron chi connectivity index (χ1n) is 8.57. The fraction of sp³-hybridized carbons (Fsp3) is 0.389. The van der Waals surface area contributed by atoms with Gasteiger partial charge >= 0.3 is 12.1 Å². The van der Waals surface area contributed by atoms with Crippen LogP contribution >= 0.6 is 12.4 Å². The summed E-state index contributed by atoms with van der Waals surface area (Å²) in [5.74, 6) is -1.59. The Morgan fingerprint density at radius 2 is 1.86 bits per heavy atom. The van der Waals surface area contributed by atoms with Gasteiger partial charge in [-0.05, 0) is 38.2 Å². The van der Waals surface area contributed by atoms with Gasteiger partial charge in [-0.25, -0.2) is 9.48 Å². The number of anilines is 1. The number of ether oxygens (including phenoxy) is 1. The van der Waals surface area contributed by atoms with Crippen LogP contribution in [0.3, 0.4) is 0 Å². The normalized spacial score (nSPS) is 12.1. The number of benzene rings is 1. The van der Waals surface area contributed by atoms with Crippen molar-refractivity contribution in [1.82, 2.24) is 15.1 Å². The molecule has 0 aliphatic heterocycles. The lowest BCUT2D eigenvalue weighted by Gasteiger charge is -2.14. The predicted octanol–water partition coefficient (Wildman–Crippen LogP) is 3.28. The molecule has 0 aliphatic carbocycles. The summed E-state index contributed by atoms with van der Waals surface area (Å²) in [6.45, 7) is 3.68. The van der Waals surface area contributed by atoms with Crippen LogP contribution in [0.2, 0.25) is 0 Å². The number of alkyl halides is 3. The minimum absolute atomic E-state index is 0. The van der Waals surface area contributed by atoms with Crippen molar-refractivity contribution in [3.05, 3.63) is 41.7 Å². The van der Waals surface area contributed by atoms with E-state index in [4.69, 9.17) is 0 Å². The molecule has 2 N–H and O–H groups in total. The number of aromatic nitrogens is 2. The van der Waals surface area contributed by atoms with Crippen molar-refractivity contribution >= 4 is 30.0 Å². The highest BCUT2D eigenvalue weighted by Crippen LogP contribution is 2.34. The van der Waals surface area contributed by atoms with Crippen LogP contribution in [0.4, 0.5) is 18.9 Å². The Hall–Kier alpha value is -2.59. The Morgan fingerprint density at radius 1 is 1.24 bits per heavy atom. The molecule has 1 amide bonds. The lowest BCUT2D eigenvalue weighted by atomic mass is 10.1. The van der Waals surface area contributed by atoms with Crippen LogP contribution in [0.25, 0.3) is 5.69 Å². The van der Waals surface area contributed by atoms with Gasteiger partial charge in [-0.15, -0.1) is 12.4 Å². The van der Waals surface area contributed by atoms with Crippen LogP contribution in [0, 0.1) is 5.92 Å². The average Bonchev–Trinajstić information content (AvgIpc) is 3.08. The molecule has 11 heteroatoms. The van der Waals surface area contributed by atoms with Gasteiger partial charge in [-0.3, -0.25) is 4.79 Å². The van der Waals surface area contributed by atoms with Crippen molar-refractivity contribution in [2.75, 3.05) is 25.5 Å². The second-order valence-corrected chi connectivity index (χ2v) is 6.03. The number of rotatable bonds is 7. The summed E-state index contributed by atoms with van der Waals surface area (Å²) in [6, 6.07) is 5.67. The molecule has 1 aromatic heterocycles. The highest BCUT2D eigenvalue weighted by Gasteiger charge is 2.41. The molecule has 29 heavy (non-hydrogen) atoms. The molecule has 2 aromatic rings. The Labute approximate surface area is 172 Å². The van der Waals surface area contributed by atoms with Crippen LogP contribution in [0.1, 0.15) is 29.9 Å². The molecule has 160 valence electrons. The summed E-state index contributed by atoms with van der Waals surface area (Å²) >= 11 is 0. The van der Waals surface area contributed by atoms with E-state index in [9.17, 15) is 22.8 Å². The van der Waals surface area contributed by atoms with Gasteiger partial charge < -0.3 is 15.4 Å². The number of carbonyl (C=O) groups excluding carboxylic acids is 2. The number of hydrogen-bond acceptors (Lipinski definition) is 5. The number of hydrogen-bond donors (Lipinski definition) is 2. The molecule has 1 aromatic carbocycles. The van der Waals surface area contributed by atoms with Gasteiger partial charge in [-0.2, -0.15) is 18.3 Å².